The third-order valence-corrected chi connectivity index (χ3v) is 12.9. The average molecular weight is 734 g/mol. The zero-order valence-electron chi connectivity index (χ0n) is 29.3. The second kappa shape index (κ2) is 14.9. The number of hydrogen-bond acceptors (Lipinski definition) is 9. The third-order valence-electron chi connectivity index (χ3n) is 11.0. The molecule has 4 fully saturated rings. The van der Waals surface area contributed by atoms with Gasteiger partial charge in [0.2, 0.25) is 27.7 Å². The fourth-order valence-corrected chi connectivity index (χ4v) is 9.18. The topological polar surface area (TPSA) is 173 Å². The standard InChI is InChI=1S/C38H47N5O8S/c1-2-27-22-38(27,36(46)42-52(48,49)29-17-18-29)41-33(44)31-21-28-23-43(31)35(45)32(24-12-7-5-8-13-24)40-37(47)50-19-11-4-3-6-15-26-20-25-14-9-10-16-30(25)39-34(26)51-28/h2,6,9-10,14-16,20,24,27-29,31-32H,1,3-5,7-8,11-13,17-19,21-23H2,(H,40,47)(H,41,44)(H,42,46)/t27-,28-,31+,32+,38-/m1/s1. The first-order valence-corrected chi connectivity index (χ1v) is 20.1. The first-order chi connectivity index (χ1) is 25.1. The summed E-state index contributed by atoms with van der Waals surface area (Å²) in [6.45, 7) is 4.01. The molecule has 14 heteroatoms. The summed E-state index contributed by atoms with van der Waals surface area (Å²) in [6, 6.07) is 7.67. The number of fused-ring (bicyclic) bond motifs is 4. The summed E-state index contributed by atoms with van der Waals surface area (Å²) in [6.07, 6.45) is 11.8. The summed E-state index contributed by atoms with van der Waals surface area (Å²) in [5.41, 5.74) is -0.0391. The zero-order valence-corrected chi connectivity index (χ0v) is 30.1. The van der Waals surface area contributed by atoms with Crippen molar-refractivity contribution >= 4 is 50.8 Å². The Labute approximate surface area is 304 Å². The highest BCUT2D eigenvalue weighted by molar-refractivity contribution is 7.91. The molecular formula is C38H47N5O8S. The fourth-order valence-electron chi connectivity index (χ4n) is 7.82. The molecule has 1 aromatic heterocycles. The fraction of sp³-hybridized carbons (Fsp3) is 0.553. The van der Waals surface area contributed by atoms with Crippen LogP contribution >= 0.6 is 0 Å². The highest BCUT2D eigenvalue weighted by Gasteiger charge is 2.62. The predicted octanol–water partition coefficient (Wildman–Crippen LogP) is 4.12. The van der Waals surface area contributed by atoms with Crippen LogP contribution in [0.4, 0.5) is 4.79 Å². The van der Waals surface area contributed by atoms with E-state index in [1.165, 1.54) is 11.0 Å². The van der Waals surface area contributed by atoms with E-state index >= 15 is 0 Å². The lowest BCUT2D eigenvalue weighted by Gasteiger charge is -2.34. The summed E-state index contributed by atoms with van der Waals surface area (Å²) in [4.78, 5) is 61.9. The number of amides is 4. The smallest absolute Gasteiger partial charge is 0.407 e. The molecule has 2 bridgehead atoms. The van der Waals surface area contributed by atoms with Crippen molar-refractivity contribution in [2.75, 3.05) is 13.2 Å². The first kappa shape index (κ1) is 35.9. The summed E-state index contributed by atoms with van der Waals surface area (Å²) < 4.78 is 39.7. The maximum absolute atomic E-state index is 14.7. The van der Waals surface area contributed by atoms with Gasteiger partial charge in [0.05, 0.1) is 23.9 Å². The maximum Gasteiger partial charge on any atom is 0.407 e. The second-order valence-electron chi connectivity index (χ2n) is 14.8. The van der Waals surface area contributed by atoms with E-state index in [2.05, 4.69) is 21.9 Å². The average Bonchev–Trinajstić information content (AvgIpc) is 4.07. The van der Waals surface area contributed by atoms with Crippen LogP contribution in [-0.2, 0) is 29.1 Å². The molecule has 3 saturated carbocycles. The van der Waals surface area contributed by atoms with Crippen LogP contribution in [0, 0.1) is 11.8 Å². The molecule has 0 radical (unpaired) electrons. The molecule has 4 amide bonds. The van der Waals surface area contributed by atoms with Crippen LogP contribution in [0.2, 0.25) is 0 Å². The van der Waals surface area contributed by atoms with Crippen molar-refractivity contribution < 1.29 is 37.1 Å². The Balaban J connectivity index is 1.21. The lowest BCUT2D eigenvalue weighted by Crippen LogP contribution is -2.59. The number of pyridine rings is 1. The van der Waals surface area contributed by atoms with E-state index in [0.29, 0.717) is 25.1 Å². The van der Waals surface area contributed by atoms with Crippen molar-refractivity contribution in [3.05, 3.63) is 54.6 Å². The van der Waals surface area contributed by atoms with Crippen LogP contribution < -0.4 is 20.1 Å². The van der Waals surface area contributed by atoms with Crippen molar-refractivity contribution in [3.63, 3.8) is 0 Å². The Morgan fingerprint density at radius 3 is 2.60 bits per heavy atom. The number of benzene rings is 1. The van der Waals surface area contributed by atoms with Crippen molar-refractivity contribution in [2.24, 2.45) is 11.8 Å². The van der Waals surface area contributed by atoms with Gasteiger partial charge in [0, 0.05) is 23.3 Å². The molecule has 2 aromatic rings. The number of hydrogen-bond donors (Lipinski definition) is 3. The van der Waals surface area contributed by atoms with E-state index in [0.717, 1.165) is 61.4 Å². The Bertz CT molecular complexity index is 1870. The van der Waals surface area contributed by atoms with Crippen molar-refractivity contribution in [2.45, 2.75) is 106 Å². The van der Waals surface area contributed by atoms with Crippen molar-refractivity contribution in [1.82, 2.24) is 25.2 Å². The number of cyclic esters (lactones) is 1. The molecule has 1 aromatic carbocycles. The van der Waals surface area contributed by atoms with Gasteiger partial charge in [0.25, 0.3) is 5.91 Å². The van der Waals surface area contributed by atoms with Crippen molar-refractivity contribution in [1.29, 1.82) is 0 Å². The van der Waals surface area contributed by atoms with E-state index in [-0.39, 0.29) is 31.9 Å². The second-order valence-corrected chi connectivity index (χ2v) is 16.8. The van der Waals surface area contributed by atoms with Crippen LogP contribution in [-0.4, -0.2) is 84.2 Å². The van der Waals surface area contributed by atoms with Crippen LogP contribution in [0.15, 0.2) is 49.1 Å². The lowest BCUT2D eigenvalue weighted by atomic mass is 9.83. The van der Waals surface area contributed by atoms with Crippen LogP contribution in [0.5, 0.6) is 5.88 Å². The molecular weight excluding hydrogens is 687 g/mol. The molecule has 3 aliphatic carbocycles. The quantitative estimate of drug-likeness (QED) is 0.354. The molecule has 1 saturated heterocycles. The number of aromatic nitrogens is 1. The Morgan fingerprint density at radius 1 is 1.06 bits per heavy atom. The predicted molar refractivity (Wildman–Crippen MR) is 193 cm³/mol. The summed E-state index contributed by atoms with van der Waals surface area (Å²) in [7, 11) is -3.88. The molecule has 3 N–H and O–H groups in total. The lowest BCUT2D eigenvalue weighted by molar-refractivity contribution is -0.142. The number of nitrogens with one attached hydrogen (secondary N) is 3. The molecule has 278 valence electrons. The number of alkyl carbamates (subject to hydrolysis) is 1. The van der Waals surface area contributed by atoms with Crippen LogP contribution in [0.1, 0.15) is 82.6 Å². The summed E-state index contributed by atoms with van der Waals surface area (Å²) in [5, 5.41) is 6.00. The normalized spacial score (nSPS) is 28.8. The minimum Gasteiger partial charge on any atom is -0.472 e. The Morgan fingerprint density at radius 2 is 1.85 bits per heavy atom. The Kier molecular flexibility index (Phi) is 10.3. The van der Waals surface area contributed by atoms with E-state index in [9.17, 15) is 27.6 Å². The molecule has 5 aliphatic rings. The Hall–Kier alpha value is -4.46. The summed E-state index contributed by atoms with van der Waals surface area (Å²) >= 11 is 0. The number of carbonyl (C=O) groups excluding carboxylic acids is 4. The van der Waals surface area contributed by atoms with Crippen LogP contribution in [0.3, 0.4) is 0 Å². The van der Waals surface area contributed by atoms with Gasteiger partial charge in [-0.3, -0.25) is 19.1 Å². The van der Waals surface area contributed by atoms with Gasteiger partial charge < -0.3 is 25.0 Å². The summed E-state index contributed by atoms with van der Waals surface area (Å²) in [5.74, 6) is -2.15. The number of allylic oxidation sites excluding steroid dienone is 1. The van der Waals surface area contributed by atoms with E-state index in [1.807, 2.05) is 42.5 Å². The SMILES string of the molecule is C=C[C@@H]1C[C@]1(NC(=O)[C@@H]1C[C@@H]2CN1C(=O)[C@H](C1CCCCC1)NC(=O)OCCCCC=Cc1cc3ccccc3nc1O2)C(=O)NS(=O)(=O)C1CC1. The van der Waals surface area contributed by atoms with E-state index in [4.69, 9.17) is 14.5 Å². The minimum atomic E-state index is -3.88. The molecule has 3 heterocycles. The number of rotatable bonds is 7. The molecule has 0 unspecified atom stereocenters. The minimum absolute atomic E-state index is 0.0225. The van der Waals surface area contributed by atoms with Gasteiger partial charge in [0.1, 0.15) is 23.7 Å². The van der Waals surface area contributed by atoms with Gasteiger partial charge in [-0.15, -0.1) is 6.58 Å². The van der Waals surface area contributed by atoms with Gasteiger partial charge in [0.15, 0.2) is 0 Å². The first-order valence-electron chi connectivity index (χ1n) is 18.6. The van der Waals surface area contributed by atoms with Crippen LogP contribution in [0.25, 0.3) is 17.0 Å². The molecule has 5 atom stereocenters. The molecule has 52 heavy (non-hydrogen) atoms. The number of para-hydroxylation sites is 1. The number of sulfonamides is 1. The van der Waals surface area contributed by atoms with Gasteiger partial charge in [-0.2, -0.15) is 0 Å². The van der Waals surface area contributed by atoms with Gasteiger partial charge in [-0.1, -0.05) is 55.7 Å². The van der Waals surface area contributed by atoms with E-state index in [1.54, 1.807) is 0 Å². The molecule has 13 nitrogen and oxygen atoms in total. The zero-order chi connectivity index (χ0) is 36.5. The number of nitrogens with zero attached hydrogens (tertiary/aromatic N) is 2. The largest absolute Gasteiger partial charge is 0.472 e. The van der Waals surface area contributed by atoms with E-state index < -0.39 is 68.7 Å². The number of ether oxygens (including phenoxy) is 2. The molecule has 7 rings (SSSR count). The van der Waals surface area contributed by atoms with Crippen molar-refractivity contribution in [3.8, 4) is 5.88 Å². The van der Waals surface area contributed by atoms with Gasteiger partial charge in [-0.05, 0) is 69.4 Å². The maximum atomic E-state index is 14.7. The third kappa shape index (κ3) is 7.67. The van der Waals surface area contributed by atoms with Gasteiger partial charge >= 0.3 is 6.09 Å². The molecule has 2 aliphatic heterocycles. The molecule has 0 spiro atoms. The van der Waals surface area contributed by atoms with Gasteiger partial charge in [-0.25, -0.2) is 18.2 Å². The monoisotopic (exact) mass is 733 g/mol. The highest BCUT2D eigenvalue weighted by Crippen LogP contribution is 2.45. The number of carbonyl (C=O) groups is 4. The highest BCUT2D eigenvalue weighted by atomic mass is 32.2.